The number of nitrogens with one attached hydrogen (secondary N) is 3. The van der Waals surface area contributed by atoms with Gasteiger partial charge in [-0.05, 0) is 97.9 Å². The van der Waals surface area contributed by atoms with E-state index < -0.39 is 11.2 Å². The summed E-state index contributed by atoms with van der Waals surface area (Å²) in [6.07, 6.45) is 2.85. The largest absolute Gasteiger partial charge is 0.481 e. The Balaban J connectivity index is 0.000000386. The first-order valence-corrected chi connectivity index (χ1v) is 29.7. The number of carbonyl (C=O) groups is 5. The number of pyridine rings is 4. The minimum absolute atomic E-state index is 0. The zero-order valence-electron chi connectivity index (χ0n) is 48.0. The monoisotopic (exact) mass is 1420 g/mol. The number of carboxylic acids is 1. The van der Waals surface area contributed by atoms with E-state index in [9.17, 15) is 19.2 Å². The molecule has 0 aliphatic carbocycles. The van der Waals surface area contributed by atoms with E-state index in [0.717, 1.165) is 83.3 Å². The number of methoxy groups -OCH3 is 2. The second kappa shape index (κ2) is 37.9. The first-order chi connectivity index (χ1) is 42.1. The Bertz CT molecular complexity index is 3890. The van der Waals surface area contributed by atoms with Gasteiger partial charge in [-0.3, -0.25) is 28.9 Å². The molecule has 12 rings (SSSR count). The number of aromatic nitrogens is 8. The van der Waals surface area contributed by atoms with Gasteiger partial charge in [-0.1, -0.05) is 112 Å². The van der Waals surface area contributed by atoms with Crippen molar-refractivity contribution in [3.63, 3.8) is 0 Å². The topological polar surface area (TPSA) is 337 Å². The van der Waals surface area contributed by atoms with Gasteiger partial charge in [0.15, 0.2) is 0 Å². The number of nitrogens with zero attached hydrogens (tertiary/aromatic N) is 10. The number of halogens is 9. The second-order valence-electron chi connectivity index (χ2n) is 18.4. The lowest BCUT2D eigenvalue weighted by Crippen LogP contribution is -2.37. The molecule has 0 unspecified atom stereocenters. The Hall–Kier alpha value is -6.30. The highest BCUT2D eigenvalue weighted by atomic mass is 35.5. The lowest BCUT2D eigenvalue weighted by molar-refractivity contribution is -0.136. The number of ether oxygens (including phenoxy) is 2. The first kappa shape index (κ1) is 77.9. The van der Waals surface area contributed by atoms with Crippen molar-refractivity contribution in [1.82, 2.24) is 53.6 Å². The molecule has 8 aromatic heterocycles. The SMILES string of the molecule is C.CC(=O)O.CCO.COCC(=O)Cl.COCC(=O)N1CCc2nn3c(Cl)c(Cl)ccc3c2C1.Clc1ccc2c3c(nn2c1Cl)CCNC3.N=N.NCCc1cc2ccc(Cl)c(Cl)n2n1.O.O=C1c2ccccc2C(=O)N1CCc1cc2ccc(Cl)c(Cl)n2n1.[HH]. The Labute approximate surface area is 563 Å². The van der Waals surface area contributed by atoms with Crippen molar-refractivity contribution in [1.29, 1.82) is 11.1 Å². The zero-order chi connectivity index (χ0) is 64.9. The lowest BCUT2D eigenvalue weighted by atomic mass is 10.1. The van der Waals surface area contributed by atoms with Gasteiger partial charge in [0.05, 0.1) is 76.1 Å². The molecule has 488 valence electrons. The molecule has 0 atom stereocenters. The van der Waals surface area contributed by atoms with E-state index in [1.165, 1.54) is 24.7 Å². The molecular formula is C57H67Cl9N14O10. The van der Waals surface area contributed by atoms with Crippen LogP contribution in [0.15, 0.2) is 84.9 Å². The normalized spacial score (nSPS) is 12.3. The summed E-state index contributed by atoms with van der Waals surface area (Å²) >= 11 is 52.9. The number of carbonyl (C=O) groups excluding carboxylic acids is 4. The summed E-state index contributed by atoms with van der Waals surface area (Å²) in [6.45, 7) is 6.96. The van der Waals surface area contributed by atoms with E-state index in [1.54, 1.807) is 72.3 Å². The number of amides is 3. The van der Waals surface area contributed by atoms with Crippen molar-refractivity contribution in [3.05, 3.63) is 171 Å². The maximum Gasteiger partial charge on any atom is 0.300 e. The number of aliphatic hydroxyl groups is 1. The summed E-state index contributed by atoms with van der Waals surface area (Å²) in [5, 5.41) is 39.1. The van der Waals surface area contributed by atoms with E-state index in [0.29, 0.717) is 84.3 Å². The van der Waals surface area contributed by atoms with E-state index in [1.807, 2.05) is 42.5 Å². The van der Waals surface area contributed by atoms with Crippen molar-refractivity contribution < 1.29 is 50.6 Å². The molecule has 9 aromatic rings. The van der Waals surface area contributed by atoms with Crippen LogP contribution in [0.3, 0.4) is 0 Å². The summed E-state index contributed by atoms with van der Waals surface area (Å²) in [6, 6.07) is 25.2. The van der Waals surface area contributed by atoms with Crippen LogP contribution in [-0.2, 0) is 62.6 Å². The van der Waals surface area contributed by atoms with E-state index >= 15 is 0 Å². The van der Waals surface area contributed by atoms with Crippen LogP contribution in [0.5, 0.6) is 0 Å². The van der Waals surface area contributed by atoms with Crippen molar-refractivity contribution in [3.8, 4) is 0 Å². The van der Waals surface area contributed by atoms with Gasteiger partial charge < -0.3 is 41.1 Å². The van der Waals surface area contributed by atoms with Gasteiger partial charge >= 0.3 is 0 Å². The number of benzene rings is 1. The summed E-state index contributed by atoms with van der Waals surface area (Å²) < 4.78 is 15.7. The van der Waals surface area contributed by atoms with Crippen molar-refractivity contribution in [2.75, 3.05) is 60.2 Å². The zero-order valence-corrected chi connectivity index (χ0v) is 54.8. The number of nitrogens with two attached hydrogens (primary N) is 1. The van der Waals surface area contributed by atoms with Crippen LogP contribution < -0.4 is 11.1 Å². The minimum atomic E-state index is -0.833. The fourth-order valence-electron chi connectivity index (χ4n) is 8.71. The maximum absolute atomic E-state index is 12.3. The summed E-state index contributed by atoms with van der Waals surface area (Å²) in [7, 11) is 2.94. The molecule has 24 nitrogen and oxygen atoms in total. The maximum atomic E-state index is 12.3. The van der Waals surface area contributed by atoms with Gasteiger partial charge in [-0.15, -0.1) is 0 Å². The molecule has 0 saturated carbocycles. The number of hydrogen-bond acceptors (Lipinski definition) is 16. The number of aliphatic hydroxyl groups excluding tert-OH is 1. The van der Waals surface area contributed by atoms with Crippen LogP contribution in [0.4, 0.5) is 0 Å². The second-order valence-corrected chi connectivity index (χ2v) is 21.9. The quantitative estimate of drug-likeness (QED) is 0.0338. The van der Waals surface area contributed by atoms with Crippen molar-refractivity contribution in [2.45, 2.75) is 60.0 Å². The molecule has 3 amide bonds. The molecule has 1 aromatic carbocycles. The van der Waals surface area contributed by atoms with Crippen molar-refractivity contribution in [2.24, 2.45) is 5.73 Å². The lowest BCUT2D eigenvalue weighted by Gasteiger charge is -2.26. The van der Waals surface area contributed by atoms with Crippen LogP contribution in [0.2, 0.25) is 40.7 Å². The smallest absolute Gasteiger partial charge is 0.300 e. The summed E-state index contributed by atoms with van der Waals surface area (Å²) in [5.41, 5.74) is 26.0. The van der Waals surface area contributed by atoms with Gasteiger partial charge in [0.1, 0.15) is 33.8 Å². The van der Waals surface area contributed by atoms with Gasteiger partial charge in [0.2, 0.25) is 11.1 Å². The molecule has 33 heteroatoms. The van der Waals surface area contributed by atoms with Crippen LogP contribution in [0.25, 0.3) is 22.1 Å². The average molecular weight is 1430 g/mol. The Kier molecular flexibility index (Phi) is 32.8. The number of imide groups is 1. The fourth-order valence-corrected chi connectivity index (χ4v) is 10.2. The van der Waals surface area contributed by atoms with Crippen LogP contribution in [0.1, 0.15) is 77.3 Å². The molecule has 3 aliphatic rings. The van der Waals surface area contributed by atoms with Gasteiger partial charge in [-0.2, -0.15) is 20.4 Å². The Morgan fingerprint density at radius 1 is 0.667 bits per heavy atom. The number of fused-ring (bicyclic) bond motifs is 9. The fraction of sp³-hybridized carbons (Fsp3) is 0.316. The standard InChI is InChI=1S/C17H11Cl2N3O2.C13H13Cl2N3O2.C10H9Cl2N3.C9H9Cl2N3.C3H5ClO2.C2H4O2.C2H6O.CH4.H2N2.H2O.H2/c18-14-6-5-11-9-10(20-22(11)15(14)19)7-8-21-16(23)12-3-1-2-4-13(12)17(21)24;1-20-7-12(19)17-5-4-10-8(6-17)11-3-2-9(14)13(15)18(11)16-10;11-7-1-2-9-6-5-13-4-3-8(6)14-15(9)10(7)12;10-8-2-1-7-5-6(3-4-12)13-14(7)9(8)11;1-6-2-3(4)5;1-2(3)4;1-2-3;;1-2;;/h1-6,9H,7-8H2;2-3H,4-7H2,1H3;1-2,13H,3-5H2;1-2,5H,3-4,12H2;2H2,1H3;1H3,(H,3,4);3H,2H2,1H3;1H4;1-2H;1H2;1H. The molecule has 0 spiro atoms. The molecule has 9 N–H and O–H groups in total. The molecule has 90 heavy (non-hydrogen) atoms. The predicted molar refractivity (Wildman–Crippen MR) is 352 cm³/mol. The average Bonchev–Trinajstić information content (AvgIpc) is 1.81. The van der Waals surface area contributed by atoms with E-state index in [2.05, 4.69) is 30.4 Å². The molecule has 0 radical (unpaired) electrons. The van der Waals surface area contributed by atoms with Crippen LogP contribution in [-0.4, -0.2) is 153 Å². The van der Waals surface area contributed by atoms with Crippen LogP contribution in [0, 0.1) is 11.1 Å². The van der Waals surface area contributed by atoms with Gasteiger partial charge in [-0.25, -0.2) is 29.1 Å². The number of rotatable bonds is 9. The third-order valence-electron chi connectivity index (χ3n) is 12.5. The predicted octanol–water partition coefficient (Wildman–Crippen LogP) is 11.2. The highest BCUT2D eigenvalue weighted by Crippen LogP contribution is 2.31. The Morgan fingerprint density at radius 3 is 1.52 bits per heavy atom. The summed E-state index contributed by atoms with van der Waals surface area (Å²) in [4.78, 5) is 58.3. The number of hydrogen-bond donors (Lipinski definition) is 6. The molecule has 3 aliphatic heterocycles. The number of carboxylic acid groups (broad SMARTS) is 1. The first-order valence-electron chi connectivity index (χ1n) is 26.3. The third kappa shape index (κ3) is 20.1. The summed E-state index contributed by atoms with van der Waals surface area (Å²) in [5.74, 6) is -1.38. The third-order valence-corrected chi connectivity index (χ3v) is 15.6. The molecule has 0 bridgehead atoms. The molecular weight excluding hydrogens is 1360 g/mol. The highest BCUT2D eigenvalue weighted by Gasteiger charge is 2.35. The van der Waals surface area contributed by atoms with Gasteiger partial charge in [0, 0.05) is 98.7 Å². The highest BCUT2D eigenvalue weighted by molar-refractivity contribution is 6.63. The van der Waals surface area contributed by atoms with E-state index in [4.69, 9.17) is 141 Å². The minimum Gasteiger partial charge on any atom is -0.481 e. The Morgan fingerprint density at radius 2 is 1.09 bits per heavy atom. The molecule has 0 fully saturated rings. The molecule has 11 heterocycles. The van der Waals surface area contributed by atoms with Crippen molar-refractivity contribution >= 4 is 155 Å². The van der Waals surface area contributed by atoms with E-state index in [-0.39, 0.29) is 58.4 Å². The van der Waals surface area contributed by atoms with Crippen LogP contribution >= 0.6 is 104 Å². The molecule has 0 saturated heterocycles. The number of aliphatic carboxylic acids is 1. The van der Waals surface area contributed by atoms with Gasteiger partial charge in [0.25, 0.3) is 17.8 Å².